The van der Waals surface area contributed by atoms with Gasteiger partial charge in [-0.15, -0.1) is 35.3 Å². The molecule has 0 aromatic carbocycles. The fraction of sp³-hybridized carbons (Fsp3) is 0.737. The minimum Gasteiger partial charge on any atom is -0.357 e. The maximum Gasteiger partial charge on any atom is 0.191 e. The predicted molar refractivity (Wildman–Crippen MR) is 122 cm³/mol. The summed E-state index contributed by atoms with van der Waals surface area (Å²) in [7, 11) is 0. The molecule has 0 saturated carbocycles. The Kier molecular flexibility index (Phi) is 11.7. The molecule has 1 aliphatic heterocycles. The minimum absolute atomic E-state index is 0. The van der Waals surface area contributed by atoms with Gasteiger partial charge >= 0.3 is 0 Å². The van der Waals surface area contributed by atoms with Crippen molar-refractivity contribution in [2.24, 2.45) is 10.9 Å². The molecular formula is C19H35IN4S. The molecule has 1 unspecified atom stereocenters. The van der Waals surface area contributed by atoms with Gasteiger partial charge in [-0.3, -0.25) is 4.99 Å². The molecule has 2 heterocycles. The second kappa shape index (κ2) is 12.9. The Labute approximate surface area is 174 Å². The average molecular weight is 478 g/mol. The van der Waals surface area contributed by atoms with Crippen LogP contribution in [0.25, 0.3) is 0 Å². The van der Waals surface area contributed by atoms with Gasteiger partial charge in [-0.1, -0.05) is 19.9 Å². The Morgan fingerprint density at radius 1 is 1.32 bits per heavy atom. The summed E-state index contributed by atoms with van der Waals surface area (Å²) in [5.74, 6) is 2.23. The number of hydrogen-bond acceptors (Lipinski definition) is 3. The number of likely N-dealkylation sites (tertiary alicyclic amines) is 1. The molecule has 1 aromatic heterocycles. The number of aliphatic imine (C=N–C) groups is 1. The number of guanidine groups is 1. The fourth-order valence-electron chi connectivity index (χ4n) is 3.20. The molecule has 1 fully saturated rings. The molecule has 1 atom stereocenters. The van der Waals surface area contributed by atoms with Crippen LogP contribution in [-0.4, -0.2) is 50.1 Å². The van der Waals surface area contributed by atoms with Gasteiger partial charge in [0.2, 0.25) is 0 Å². The van der Waals surface area contributed by atoms with Crippen LogP contribution in [-0.2, 0) is 0 Å². The number of hydrogen-bond donors (Lipinski definition) is 2. The summed E-state index contributed by atoms with van der Waals surface area (Å²) < 4.78 is 0. The second-order valence-corrected chi connectivity index (χ2v) is 7.78. The Balaban J connectivity index is 0.00000312. The van der Waals surface area contributed by atoms with E-state index in [0.717, 1.165) is 31.5 Å². The zero-order valence-corrected chi connectivity index (χ0v) is 19.1. The number of nitrogens with zero attached hydrogens (tertiary/aromatic N) is 2. The van der Waals surface area contributed by atoms with E-state index in [4.69, 9.17) is 4.99 Å². The topological polar surface area (TPSA) is 39.7 Å². The zero-order chi connectivity index (χ0) is 17.2. The van der Waals surface area contributed by atoms with Crippen molar-refractivity contribution in [3.63, 3.8) is 0 Å². The summed E-state index contributed by atoms with van der Waals surface area (Å²) in [6.45, 7) is 13.2. The van der Waals surface area contributed by atoms with Crippen molar-refractivity contribution in [3.8, 4) is 0 Å². The molecule has 4 nitrogen and oxygen atoms in total. The lowest BCUT2D eigenvalue weighted by Gasteiger charge is -2.32. The Bertz CT molecular complexity index is 470. The number of piperidine rings is 1. The first kappa shape index (κ1) is 22.7. The molecule has 6 heteroatoms. The van der Waals surface area contributed by atoms with Crippen LogP contribution in [0.5, 0.6) is 0 Å². The lowest BCUT2D eigenvalue weighted by atomic mass is 9.97. The van der Waals surface area contributed by atoms with Gasteiger partial charge in [0.1, 0.15) is 0 Å². The number of nitrogens with one attached hydrogen (secondary N) is 2. The zero-order valence-electron chi connectivity index (χ0n) is 16.0. The third-order valence-corrected chi connectivity index (χ3v) is 5.81. The van der Waals surface area contributed by atoms with Crippen LogP contribution >= 0.6 is 35.3 Å². The van der Waals surface area contributed by atoms with Gasteiger partial charge in [0.25, 0.3) is 0 Å². The SMILES string of the molecule is CCCN1CCC(CNC(=NCC(C)c2cccs2)NCC)CC1.I. The Morgan fingerprint density at radius 2 is 2.08 bits per heavy atom. The molecule has 1 aliphatic rings. The largest absolute Gasteiger partial charge is 0.357 e. The molecule has 1 aromatic rings. The maximum atomic E-state index is 4.79. The van der Waals surface area contributed by atoms with Crippen molar-refractivity contribution >= 4 is 41.3 Å². The molecule has 25 heavy (non-hydrogen) atoms. The van der Waals surface area contributed by atoms with E-state index in [1.54, 1.807) is 0 Å². The van der Waals surface area contributed by atoms with E-state index < -0.39 is 0 Å². The van der Waals surface area contributed by atoms with Crippen molar-refractivity contribution in [1.29, 1.82) is 0 Å². The van der Waals surface area contributed by atoms with Crippen molar-refractivity contribution in [2.45, 2.75) is 46.0 Å². The quantitative estimate of drug-likeness (QED) is 0.335. The summed E-state index contributed by atoms with van der Waals surface area (Å²) in [5.41, 5.74) is 0. The van der Waals surface area contributed by atoms with E-state index in [1.165, 1.54) is 43.8 Å². The fourth-order valence-corrected chi connectivity index (χ4v) is 3.98. The Morgan fingerprint density at radius 3 is 2.68 bits per heavy atom. The van der Waals surface area contributed by atoms with Crippen molar-refractivity contribution in [1.82, 2.24) is 15.5 Å². The first-order valence-corrected chi connectivity index (χ1v) is 10.4. The molecule has 2 N–H and O–H groups in total. The summed E-state index contributed by atoms with van der Waals surface area (Å²) in [6, 6.07) is 4.32. The molecule has 0 amide bonds. The van der Waals surface area contributed by atoms with Crippen LogP contribution in [0.2, 0.25) is 0 Å². The highest BCUT2D eigenvalue weighted by molar-refractivity contribution is 14.0. The third kappa shape index (κ3) is 8.26. The van der Waals surface area contributed by atoms with Crippen LogP contribution in [0, 0.1) is 5.92 Å². The first-order chi connectivity index (χ1) is 11.7. The molecule has 0 aliphatic carbocycles. The van der Waals surface area contributed by atoms with E-state index in [-0.39, 0.29) is 24.0 Å². The summed E-state index contributed by atoms with van der Waals surface area (Å²) in [5, 5.41) is 9.09. The van der Waals surface area contributed by atoms with E-state index >= 15 is 0 Å². The van der Waals surface area contributed by atoms with Crippen LogP contribution in [0.15, 0.2) is 22.5 Å². The number of rotatable bonds is 8. The van der Waals surface area contributed by atoms with Gasteiger partial charge in [-0.05, 0) is 63.2 Å². The third-order valence-electron chi connectivity index (χ3n) is 4.70. The lowest BCUT2D eigenvalue weighted by Crippen LogP contribution is -2.43. The standard InChI is InChI=1S/C19H34N4S.HI/c1-4-10-23-11-8-17(9-12-23)15-22-19(20-5-2)21-14-16(3)18-7-6-13-24-18;/h6-7,13,16-17H,4-5,8-12,14-15H2,1-3H3,(H2,20,21,22);1H. The maximum absolute atomic E-state index is 4.79. The van der Waals surface area contributed by atoms with E-state index in [1.807, 2.05) is 11.3 Å². The Hall–Kier alpha value is -0.340. The van der Waals surface area contributed by atoms with Crippen molar-refractivity contribution < 1.29 is 0 Å². The summed E-state index contributed by atoms with van der Waals surface area (Å²) in [6.07, 6.45) is 3.87. The molecule has 1 saturated heterocycles. The number of halogens is 1. The van der Waals surface area contributed by atoms with Crippen LogP contribution in [0.1, 0.15) is 50.8 Å². The molecule has 2 rings (SSSR count). The molecular weight excluding hydrogens is 443 g/mol. The average Bonchev–Trinajstić information content (AvgIpc) is 3.13. The highest BCUT2D eigenvalue weighted by Gasteiger charge is 2.18. The molecule has 0 spiro atoms. The van der Waals surface area contributed by atoms with Crippen molar-refractivity contribution in [2.75, 3.05) is 39.3 Å². The summed E-state index contributed by atoms with van der Waals surface area (Å²) >= 11 is 1.82. The van der Waals surface area contributed by atoms with Crippen LogP contribution < -0.4 is 10.6 Å². The molecule has 0 bridgehead atoms. The smallest absolute Gasteiger partial charge is 0.191 e. The van der Waals surface area contributed by atoms with E-state index in [0.29, 0.717) is 5.92 Å². The highest BCUT2D eigenvalue weighted by Crippen LogP contribution is 2.20. The lowest BCUT2D eigenvalue weighted by molar-refractivity contribution is 0.185. The monoisotopic (exact) mass is 478 g/mol. The molecule has 0 radical (unpaired) electrons. The van der Waals surface area contributed by atoms with Crippen LogP contribution in [0.3, 0.4) is 0 Å². The predicted octanol–water partition coefficient (Wildman–Crippen LogP) is 4.15. The van der Waals surface area contributed by atoms with Gasteiger partial charge in [-0.25, -0.2) is 0 Å². The molecule has 144 valence electrons. The van der Waals surface area contributed by atoms with Crippen molar-refractivity contribution in [3.05, 3.63) is 22.4 Å². The van der Waals surface area contributed by atoms with E-state index in [9.17, 15) is 0 Å². The number of thiophene rings is 1. The minimum atomic E-state index is 0. The normalized spacial score (nSPS) is 17.8. The van der Waals surface area contributed by atoms with Gasteiger partial charge in [0.05, 0.1) is 6.54 Å². The summed E-state index contributed by atoms with van der Waals surface area (Å²) in [4.78, 5) is 8.80. The highest BCUT2D eigenvalue weighted by atomic mass is 127. The van der Waals surface area contributed by atoms with Crippen LogP contribution in [0.4, 0.5) is 0 Å². The second-order valence-electron chi connectivity index (χ2n) is 6.80. The first-order valence-electron chi connectivity index (χ1n) is 9.50. The van der Waals surface area contributed by atoms with Gasteiger partial charge in [0.15, 0.2) is 5.96 Å². The van der Waals surface area contributed by atoms with Gasteiger partial charge < -0.3 is 15.5 Å². The van der Waals surface area contributed by atoms with E-state index in [2.05, 4.69) is 53.8 Å². The van der Waals surface area contributed by atoms with Gasteiger partial charge in [-0.2, -0.15) is 0 Å². The van der Waals surface area contributed by atoms with Gasteiger partial charge in [0, 0.05) is 23.9 Å².